The van der Waals surface area contributed by atoms with Gasteiger partial charge in [0, 0.05) is 0 Å². The Kier molecular flexibility index (Phi) is 1.62. The van der Waals surface area contributed by atoms with Gasteiger partial charge in [-0.1, -0.05) is 0 Å². The molecule has 0 aromatic carbocycles. The molecule has 2 bridgehead atoms. The third-order valence-corrected chi connectivity index (χ3v) is 2.09. The standard InChI is InChI=1S/C6H10O5/c7-3-2-1-10-6(11-2)5(9)4(3)8/h2-9H,1H2/t2-,3+,4+,5-,6-/m1/s1. The van der Waals surface area contributed by atoms with Crippen molar-refractivity contribution in [2.24, 2.45) is 0 Å². The lowest BCUT2D eigenvalue weighted by Crippen LogP contribution is -2.53. The fraction of sp³-hybridized carbons (Fsp3) is 1.00. The van der Waals surface area contributed by atoms with Gasteiger partial charge in [-0.25, -0.2) is 0 Å². The predicted molar refractivity (Wildman–Crippen MR) is 32.6 cm³/mol. The highest BCUT2D eigenvalue weighted by atomic mass is 16.7. The maximum atomic E-state index is 9.22. The van der Waals surface area contributed by atoms with Crippen LogP contribution < -0.4 is 0 Å². The van der Waals surface area contributed by atoms with Crippen molar-refractivity contribution < 1.29 is 24.8 Å². The Morgan fingerprint density at radius 2 is 1.73 bits per heavy atom. The Morgan fingerprint density at radius 1 is 1.00 bits per heavy atom. The van der Waals surface area contributed by atoms with Crippen molar-refractivity contribution in [3.63, 3.8) is 0 Å². The van der Waals surface area contributed by atoms with Gasteiger partial charge in [0.1, 0.15) is 24.4 Å². The summed E-state index contributed by atoms with van der Waals surface area (Å²) in [6, 6.07) is 0. The zero-order valence-corrected chi connectivity index (χ0v) is 5.75. The van der Waals surface area contributed by atoms with E-state index in [-0.39, 0.29) is 6.61 Å². The Bertz CT molecular complexity index is 141. The summed E-state index contributed by atoms with van der Waals surface area (Å²) < 4.78 is 9.95. The van der Waals surface area contributed by atoms with Gasteiger partial charge in [-0.15, -0.1) is 0 Å². The van der Waals surface area contributed by atoms with Crippen LogP contribution in [0.25, 0.3) is 0 Å². The third kappa shape index (κ3) is 0.969. The molecule has 2 aliphatic heterocycles. The van der Waals surface area contributed by atoms with Crippen molar-refractivity contribution in [2.45, 2.75) is 30.7 Å². The van der Waals surface area contributed by atoms with Crippen molar-refractivity contribution in [1.29, 1.82) is 0 Å². The van der Waals surface area contributed by atoms with Crippen LogP contribution >= 0.6 is 0 Å². The first kappa shape index (κ1) is 7.45. The van der Waals surface area contributed by atoms with Crippen molar-refractivity contribution in [2.75, 3.05) is 6.61 Å². The molecule has 0 aromatic heterocycles. The number of fused-ring (bicyclic) bond motifs is 2. The molecule has 3 N–H and O–H groups in total. The van der Waals surface area contributed by atoms with E-state index < -0.39 is 30.7 Å². The number of hydrogen-bond donors (Lipinski definition) is 3. The van der Waals surface area contributed by atoms with Crippen LogP contribution in [0.4, 0.5) is 0 Å². The Morgan fingerprint density at radius 3 is 2.45 bits per heavy atom. The maximum absolute atomic E-state index is 9.22. The number of hydrogen-bond acceptors (Lipinski definition) is 5. The zero-order valence-electron chi connectivity index (χ0n) is 5.75. The summed E-state index contributed by atoms with van der Waals surface area (Å²) in [7, 11) is 0. The first-order valence-corrected chi connectivity index (χ1v) is 3.51. The summed E-state index contributed by atoms with van der Waals surface area (Å²) >= 11 is 0. The molecule has 0 amide bonds. The van der Waals surface area contributed by atoms with Crippen molar-refractivity contribution in [3.8, 4) is 0 Å². The molecule has 0 radical (unpaired) electrons. The van der Waals surface area contributed by atoms with E-state index in [0.717, 1.165) is 0 Å². The van der Waals surface area contributed by atoms with Gasteiger partial charge in [-0.2, -0.15) is 0 Å². The summed E-state index contributed by atoms with van der Waals surface area (Å²) in [4.78, 5) is 0. The smallest absolute Gasteiger partial charge is 0.186 e. The van der Waals surface area contributed by atoms with Crippen LogP contribution in [-0.2, 0) is 9.47 Å². The number of aliphatic hydroxyl groups is 3. The van der Waals surface area contributed by atoms with Crippen LogP contribution in [0.15, 0.2) is 0 Å². The van der Waals surface area contributed by atoms with Crippen LogP contribution in [0.2, 0.25) is 0 Å². The minimum absolute atomic E-state index is 0.236. The lowest BCUT2D eigenvalue weighted by Gasteiger charge is -2.32. The average molecular weight is 162 g/mol. The fourth-order valence-electron chi connectivity index (χ4n) is 1.38. The molecule has 0 aliphatic carbocycles. The van der Waals surface area contributed by atoms with E-state index >= 15 is 0 Å². The lowest BCUT2D eigenvalue weighted by molar-refractivity contribution is -0.228. The quantitative estimate of drug-likeness (QED) is 0.377. The highest BCUT2D eigenvalue weighted by molar-refractivity contribution is 4.92. The van der Waals surface area contributed by atoms with Crippen LogP contribution in [-0.4, -0.2) is 52.6 Å². The Hall–Kier alpha value is -0.200. The second-order valence-electron chi connectivity index (χ2n) is 2.85. The van der Waals surface area contributed by atoms with E-state index in [1.165, 1.54) is 0 Å². The van der Waals surface area contributed by atoms with Crippen LogP contribution in [0.3, 0.4) is 0 Å². The van der Waals surface area contributed by atoms with Gasteiger partial charge in [0.25, 0.3) is 0 Å². The Labute approximate surface area is 63.2 Å². The molecule has 5 nitrogen and oxygen atoms in total. The van der Waals surface area contributed by atoms with Gasteiger partial charge in [0.05, 0.1) is 6.61 Å². The molecule has 2 saturated heterocycles. The topological polar surface area (TPSA) is 79.2 Å². The van der Waals surface area contributed by atoms with Gasteiger partial charge < -0.3 is 24.8 Å². The minimum Gasteiger partial charge on any atom is -0.387 e. The summed E-state index contributed by atoms with van der Waals surface area (Å²) in [5.41, 5.74) is 0. The molecule has 0 unspecified atom stereocenters. The SMILES string of the molecule is O[C@H]1[C@@H](O)[C@H]2CO[C@H](O2)[C@@H]1O. The van der Waals surface area contributed by atoms with E-state index in [2.05, 4.69) is 0 Å². The van der Waals surface area contributed by atoms with Gasteiger partial charge in [0.2, 0.25) is 0 Å². The van der Waals surface area contributed by atoms with Gasteiger partial charge >= 0.3 is 0 Å². The van der Waals surface area contributed by atoms with E-state index in [4.69, 9.17) is 14.6 Å². The fourth-order valence-corrected chi connectivity index (χ4v) is 1.38. The number of rotatable bonds is 0. The van der Waals surface area contributed by atoms with Gasteiger partial charge in [0.15, 0.2) is 6.29 Å². The van der Waals surface area contributed by atoms with E-state index in [0.29, 0.717) is 0 Å². The lowest BCUT2D eigenvalue weighted by atomic mass is 10.0. The summed E-state index contributed by atoms with van der Waals surface area (Å²) in [5, 5.41) is 27.6. The molecular formula is C6H10O5. The van der Waals surface area contributed by atoms with Crippen molar-refractivity contribution in [1.82, 2.24) is 0 Å². The van der Waals surface area contributed by atoms with E-state index in [1.54, 1.807) is 0 Å². The van der Waals surface area contributed by atoms with E-state index in [1.807, 2.05) is 0 Å². The maximum Gasteiger partial charge on any atom is 0.186 e. The van der Waals surface area contributed by atoms with Crippen molar-refractivity contribution >= 4 is 0 Å². The first-order valence-electron chi connectivity index (χ1n) is 3.51. The summed E-state index contributed by atoms with van der Waals surface area (Å²) in [6.45, 7) is 0.236. The molecule has 0 aromatic rings. The highest BCUT2D eigenvalue weighted by Gasteiger charge is 2.48. The monoisotopic (exact) mass is 162 g/mol. The average Bonchev–Trinajstić information content (AvgIpc) is 2.44. The van der Waals surface area contributed by atoms with Crippen molar-refractivity contribution in [3.05, 3.63) is 0 Å². The van der Waals surface area contributed by atoms with Gasteiger partial charge in [-0.05, 0) is 0 Å². The zero-order chi connectivity index (χ0) is 8.01. The molecule has 2 heterocycles. The normalized spacial score (nSPS) is 56.5. The molecule has 64 valence electrons. The highest BCUT2D eigenvalue weighted by Crippen LogP contribution is 2.27. The van der Waals surface area contributed by atoms with Gasteiger partial charge in [-0.3, -0.25) is 0 Å². The second-order valence-corrected chi connectivity index (χ2v) is 2.85. The number of ether oxygens (including phenoxy) is 2. The number of aliphatic hydroxyl groups excluding tert-OH is 3. The third-order valence-electron chi connectivity index (χ3n) is 2.09. The molecule has 2 fully saturated rings. The molecule has 2 rings (SSSR count). The molecule has 2 aliphatic rings. The molecule has 5 atom stereocenters. The molecule has 0 saturated carbocycles. The Balaban J connectivity index is 2.16. The molecule has 0 spiro atoms. The largest absolute Gasteiger partial charge is 0.387 e. The summed E-state index contributed by atoms with van der Waals surface area (Å²) in [5.74, 6) is 0. The minimum atomic E-state index is -1.15. The molecule has 5 heteroatoms. The second kappa shape index (κ2) is 2.40. The van der Waals surface area contributed by atoms with Crippen LogP contribution in [0.5, 0.6) is 0 Å². The van der Waals surface area contributed by atoms with Crippen LogP contribution in [0.1, 0.15) is 0 Å². The first-order chi connectivity index (χ1) is 5.20. The molecular weight excluding hydrogens is 152 g/mol. The summed E-state index contributed by atoms with van der Waals surface area (Å²) in [6.07, 6.45) is -4.58. The van der Waals surface area contributed by atoms with E-state index in [9.17, 15) is 10.2 Å². The predicted octanol–water partition coefficient (Wildman–Crippen LogP) is -2.18. The molecule has 11 heavy (non-hydrogen) atoms. The van der Waals surface area contributed by atoms with Crippen LogP contribution in [0, 0.1) is 0 Å².